The number of aromatic nitrogens is 3. The third-order valence-corrected chi connectivity index (χ3v) is 2.65. The summed E-state index contributed by atoms with van der Waals surface area (Å²) in [6.45, 7) is 6.05. The van der Waals surface area contributed by atoms with Gasteiger partial charge in [0.15, 0.2) is 0 Å². The summed E-state index contributed by atoms with van der Waals surface area (Å²) in [7, 11) is 0. The average Bonchev–Trinajstić information content (AvgIpc) is 2.30. The summed E-state index contributed by atoms with van der Waals surface area (Å²) in [5.41, 5.74) is 6.46. The third-order valence-electron chi connectivity index (χ3n) is 2.65. The molecule has 1 aromatic carbocycles. The summed E-state index contributed by atoms with van der Waals surface area (Å²) in [6, 6.07) is 6.27. The molecule has 4 nitrogen and oxygen atoms in total. The molecule has 1 aromatic heterocycles. The highest BCUT2D eigenvalue weighted by atomic mass is 19.1. The third kappa shape index (κ3) is 3.47. The normalized spacial score (nSPS) is 11.6. The molecular weight excluding hydrogens is 243 g/mol. The lowest BCUT2D eigenvalue weighted by Crippen LogP contribution is -2.19. The summed E-state index contributed by atoms with van der Waals surface area (Å²) in [4.78, 5) is 12.7. The van der Waals surface area contributed by atoms with Gasteiger partial charge in [0.1, 0.15) is 17.5 Å². The van der Waals surface area contributed by atoms with E-state index in [-0.39, 0.29) is 17.2 Å². The van der Waals surface area contributed by atoms with Crippen LogP contribution in [0.5, 0.6) is 0 Å². The van der Waals surface area contributed by atoms with Crippen molar-refractivity contribution < 1.29 is 4.39 Å². The minimum atomic E-state index is -0.255. The van der Waals surface area contributed by atoms with Crippen LogP contribution >= 0.6 is 0 Å². The van der Waals surface area contributed by atoms with Gasteiger partial charge in [0.05, 0.1) is 0 Å². The zero-order valence-electron chi connectivity index (χ0n) is 11.3. The number of anilines is 1. The molecule has 5 heteroatoms. The number of hydrogen-bond donors (Lipinski definition) is 1. The van der Waals surface area contributed by atoms with E-state index in [2.05, 4.69) is 15.0 Å². The summed E-state index contributed by atoms with van der Waals surface area (Å²) in [5.74, 6) is 1.23. The van der Waals surface area contributed by atoms with Crippen LogP contribution in [0.15, 0.2) is 24.3 Å². The van der Waals surface area contributed by atoms with E-state index in [1.165, 1.54) is 12.1 Å². The lowest BCUT2D eigenvalue weighted by molar-refractivity contribution is 0.538. The van der Waals surface area contributed by atoms with E-state index in [1.54, 1.807) is 12.1 Å². The Labute approximate surface area is 111 Å². The zero-order chi connectivity index (χ0) is 14.0. The maximum absolute atomic E-state index is 12.8. The highest BCUT2D eigenvalue weighted by molar-refractivity contribution is 5.24. The Kier molecular flexibility index (Phi) is 3.46. The van der Waals surface area contributed by atoms with Crippen LogP contribution in [0.4, 0.5) is 10.3 Å². The SMILES string of the molecule is CC(C)(C)c1nc(N)nc(Cc2ccc(F)cc2)n1. The molecule has 0 unspecified atom stereocenters. The number of hydrogen-bond acceptors (Lipinski definition) is 4. The molecule has 0 aliphatic heterocycles. The molecule has 0 radical (unpaired) electrons. The standard InChI is InChI=1S/C14H17FN4/c1-14(2,3)12-17-11(18-13(16)19-12)8-9-4-6-10(15)7-5-9/h4-7H,8H2,1-3H3,(H2,16,17,18,19). The molecule has 2 aromatic rings. The van der Waals surface area contributed by atoms with E-state index in [9.17, 15) is 4.39 Å². The van der Waals surface area contributed by atoms with Crippen LogP contribution in [-0.2, 0) is 11.8 Å². The van der Waals surface area contributed by atoms with Crippen LogP contribution in [0, 0.1) is 5.82 Å². The molecule has 0 fully saturated rings. The summed E-state index contributed by atoms with van der Waals surface area (Å²) >= 11 is 0. The van der Waals surface area contributed by atoms with Crippen molar-refractivity contribution in [1.29, 1.82) is 0 Å². The molecule has 0 saturated heterocycles. The molecule has 0 amide bonds. The predicted molar refractivity (Wildman–Crippen MR) is 72.1 cm³/mol. The van der Waals surface area contributed by atoms with Crippen molar-refractivity contribution in [3.8, 4) is 0 Å². The van der Waals surface area contributed by atoms with Crippen molar-refractivity contribution in [2.75, 3.05) is 5.73 Å². The van der Waals surface area contributed by atoms with E-state index in [1.807, 2.05) is 20.8 Å². The molecule has 2 N–H and O–H groups in total. The minimum absolute atomic E-state index is 0.186. The molecule has 1 heterocycles. The van der Waals surface area contributed by atoms with Gasteiger partial charge >= 0.3 is 0 Å². The Morgan fingerprint density at radius 3 is 2.26 bits per heavy atom. The molecule has 0 aliphatic rings. The highest BCUT2D eigenvalue weighted by Gasteiger charge is 2.19. The van der Waals surface area contributed by atoms with E-state index < -0.39 is 0 Å². The molecule has 0 atom stereocenters. The fourth-order valence-electron chi connectivity index (χ4n) is 1.64. The number of benzene rings is 1. The van der Waals surface area contributed by atoms with Gasteiger partial charge in [0.25, 0.3) is 0 Å². The number of nitrogens with two attached hydrogens (primary N) is 1. The highest BCUT2D eigenvalue weighted by Crippen LogP contribution is 2.19. The minimum Gasteiger partial charge on any atom is -0.368 e. The van der Waals surface area contributed by atoms with Crippen molar-refractivity contribution in [2.45, 2.75) is 32.6 Å². The van der Waals surface area contributed by atoms with Gasteiger partial charge in [-0.3, -0.25) is 0 Å². The van der Waals surface area contributed by atoms with Gasteiger partial charge in [0, 0.05) is 11.8 Å². The monoisotopic (exact) mass is 260 g/mol. The fourth-order valence-corrected chi connectivity index (χ4v) is 1.64. The van der Waals surface area contributed by atoms with E-state index in [0.717, 1.165) is 5.56 Å². The van der Waals surface area contributed by atoms with Gasteiger partial charge in [-0.05, 0) is 17.7 Å². The van der Waals surface area contributed by atoms with Crippen LogP contribution < -0.4 is 5.73 Å². The maximum atomic E-state index is 12.8. The summed E-state index contributed by atoms with van der Waals surface area (Å²) < 4.78 is 12.8. The van der Waals surface area contributed by atoms with Gasteiger partial charge < -0.3 is 5.73 Å². The Morgan fingerprint density at radius 2 is 1.68 bits per heavy atom. The molecule has 0 saturated carbocycles. The molecule has 0 spiro atoms. The van der Waals surface area contributed by atoms with Crippen LogP contribution in [-0.4, -0.2) is 15.0 Å². The zero-order valence-corrected chi connectivity index (χ0v) is 11.3. The van der Waals surface area contributed by atoms with Gasteiger partial charge in [-0.2, -0.15) is 9.97 Å². The first-order valence-corrected chi connectivity index (χ1v) is 6.10. The molecule has 0 bridgehead atoms. The summed E-state index contributed by atoms with van der Waals surface area (Å²) in [5, 5.41) is 0. The first kappa shape index (κ1) is 13.4. The van der Waals surface area contributed by atoms with E-state index in [4.69, 9.17) is 5.73 Å². The van der Waals surface area contributed by atoms with Crippen molar-refractivity contribution in [3.05, 3.63) is 47.3 Å². The second-order valence-corrected chi connectivity index (χ2v) is 5.49. The summed E-state index contributed by atoms with van der Waals surface area (Å²) in [6.07, 6.45) is 0.510. The van der Waals surface area contributed by atoms with Crippen LogP contribution in [0.1, 0.15) is 38.0 Å². The van der Waals surface area contributed by atoms with Crippen molar-refractivity contribution in [2.24, 2.45) is 0 Å². The first-order valence-electron chi connectivity index (χ1n) is 6.10. The van der Waals surface area contributed by atoms with Gasteiger partial charge in [-0.1, -0.05) is 32.9 Å². The molecule has 0 aliphatic carbocycles. The van der Waals surface area contributed by atoms with Crippen LogP contribution in [0.3, 0.4) is 0 Å². The van der Waals surface area contributed by atoms with Gasteiger partial charge in [-0.25, -0.2) is 9.37 Å². The second-order valence-electron chi connectivity index (χ2n) is 5.49. The lowest BCUT2D eigenvalue weighted by Gasteiger charge is -2.17. The fraction of sp³-hybridized carbons (Fsp3) is 0.357. The number of nitrogen functional groups attached to an aromatic ring is 1. The number of nitrogens with zero attached hydrogens (tertiary/aromatic N) is 3. The van der Waals surface area contributed by atoms with Crippen LogP contribution in [0.25, 0.3) is 0 Å². The van der Waals surface area contributed by atoms with Crippen LogP contribution in [0.2, 0.25) is 0 Å². The Balaban J connectivity index is 2.30. The Bertz CT molecular complexity index is 573. The topological polar surface area (TPSA) is 64.7 Å². The Hall–Kier alpha value is -2.04. The van der Waals surface area contributed by atoms with Crippen molar-refractivity contribution in [1.82, 2.24) is 15.0 Å². The maximum Gasteiger partial charge on any atom is 0.223 e. The second kappa shape index (κ2) is 4.91. The molecular formula is C14H17FN4. The van der Waals surface area contributed by atoms with Crippen molar-refractivity contribution >= 4 is 5.95 Å². The molecule has 2 rings (SSSR count). The number of rotatable bonds is 2. The largest absolute Gasteiger partial charge is 0.368 e. The van der Waals surface area contributed by atoms with Gasteiger partial charge in [0.2, 0.25) is 5.95 Å². The lowest BCUT2D eigenvalue weighted by atomic mass is 9.96. The number of halogens is 1. The van der Waals surface area contributed by atoms with Gasteiger partial charge in [-0.15, -0.1) is 0 Å². The smallest absolute Gasteiger partial charge is 0.223 e. The molecule has 19 heavy (non-hydrogen) atoms. The predicted octanol–water partition coefficient (Wildman–Crippen LogP) is 2.48. The first-order chi connectivity index (χ1) is 8.84. The quantitative estimate of drug-likeness (QED) is 0.901. The average molecular weight is 260 g/mol. The van der Waals surface area contributed by atoms with E-state index >= 15 is 0 Å². The van der Waals surface area contributed by atoms with Crippen molar-refractivity contribution in [3.63, 3.8) is 0 Å². The Morgan fingerprint density at radius 1 is 1.05 bits per heavy atom. The molecule has 100 valence electrons. The van der Waals surface area contributed by atoms with E-state index in [0.29, 0.717) is 18.1 Å².